The van der Waals surface area contributed by atoms with Crippen LogP contribution >= 0.6 is 0 Å². The summed E-state index contributed by atoms with van der Waals surface area (Å²) in [5.41, 5.74) is 1.43. The molecule has 1 saturated carbocycles. The normalized spacial score (nSPS) is 15.7. The minimum atomic E-state index is -0.176. The van der Waals surface area contributed by atoms with E-state index < -0.39 is 0 Å². The Morgan fingerprint density at radius 1 is 1.32 bits per heavy atom. The van der Waals surface area contributed by atoms with Gasteiger partial charge in [0.2, 0.25) is 0 Å². The van der Waals surface area contributed by atoms with Crippen molar-refractivity contribution in [1.82, 2.24) is 29.5 Å². The Kier molecular flexibility index (Phi) is 2.92. The first-order chi connectivity index (χ1) is 10.7. The highest BCUT2D eigenvalue weighted by Gasteiger charge is 2.21. The first-order valence-corrected chi connectivity index (χ1v) is 7.36. The van der Waals surface area contributed by atoms with Gasteiger partial charge in [-0.3, -0.25) is 14.2 Å². The smallest absolute Gasteiger partial charge is 0.262 e. The SMILES string of the molecule is Cn1ncc2c(=O)[nH]c(/C=C/c3ccnn3C3CCC3)nc21. The fraction of sp³-hybridized carbons (Fsp3) is 0.333. The summed E-state index contributed by atoms with van der Waals surface area (Å²) in [6, 6.07) is 2.47. The highest BCUT2D eigenvalue weighted by molar-refractivity contribution is 5.75. The highest BCUT2D eigenvalue weighted by atomic mass is 16.1. The van der Waals surface area contributed by atoms with Gasteiger partial charge in [-0.25, -0.2) is 4.98 Å². The second-order valence-corrected chi connectivity index (χ2v) is 5.58. The Bertz CT molecular complexity index is 912. The van der Waals surface area contributed by atoms with Crippen LogP contribution in [-0.4, -0.2) is 29.5 Å². The van der Waals surface area contributed by atoms with Gasteiger partial charge in [0.25, 0.3) is 5.56 Å². The largest absolute Gasteiger partial charge is 0.306 e. The molecule has 4 rings (SSSR count). The summed E-state index contributed by atoms with van der Waals surface area (Å²) in [5.74, 6) is 0.516. The van der Waals surface area contributed by atoms with Gasteiger partial charge in [-0.15, -0.1) is 0 Å². The van der Waals surface area contributed by atoms with Crippen LogP contribution in [0, 0.1) is 0 Å². The van der Waals surface area contributed by atoms with E-state index in [1.54, 1.807) is 24.0 Å². The Morgan fingerprint density at radius 2 is 2.18 bits per heavy atom. The van der Waals surface area contributed by atoms with E-state index in [-0.39, 0.29) is 5.56 Å². The molecule has 0 saturated heterocycles. The van der Waals surface area contributed by atoms with Crippen molar-refractivity contribution in [2.24, 2.45) is 7.05 Å². The molecule has 3 aromatic rings. The molecule has 0 radical (unpaired) electrons. The molecule has 0 aromatic carbocycles. The molecule has 1 N–H and O–H groups in total. The zero-order chi connectivity index (χ0) is 15.1. The summed E-state index contributed by atoms with van der Waals surface area (Å²) in [5, 5.41) is 8.94. The molecule has 3 aromatic heterocycles. The van der Waals surface area contributed by atoms with Crippen LogP contribution in [0.3, 0.4) is 0 Å². The summed E-state index contributed by atoms with van der Waals surface area (Å²) >= 11 is 0. The van der Waals surface area contributed by atoms with Gasteiger partial charge in [-0.2, -0.15) is 10.2 Å². The molecular formula is C15H16N6O. The van der Waals surface area contributed by atoms with Gasteiger partial charge >= 0.3 is 0 Å². The zero-order valence-electron chi connectivity index (χ0n) is 12.2. The van der Waals surface area contributed by atoms with Gasteiger partial charge in [0.05, 0.1) is 17.9 Å². The van der Waals surface area contributed by atoms with E-state index in [0.717, 1.165) is 5.69 Å². The zero-order valence-corrected chi connectivity index (χ0v) is 12.2. The molecule has 7 heteroatoms. The maximum Gasteiger partial charge on any atom is 0.262 e. The number of aryl methyl sites for hydroxylation is 1. The van der Waals surface area contributed by atoms with Crippen LogP contribution in [0.5, 0.6) is 0 Å². The minimum Gasteiger partial charge on any atom is -0.306 e. The molecule has 1 fully saturated rings. The van der Waals surface area contributed by atoms with Crippen molar-refractivity contribution in [2.75, 3.05) is 0 Å². The summed E-state index contributed by atoms with van der Waals surface area (Å²) in [4.78, 5) is 19.2. The van der Waals surface area contributed by atoms with Crippen molar-refractivity contribution >= 4 is 23.2 Å². The average molecular weight is 296 g/mol. The molecule has 0 spiro atoms. The summed E-state index contributed by atoms with van der Waals surface area (Å²) in [6.07, 6.45) is 10.7. The summed E-state index contributed by atoms with van der Waals surface area (Å²) in [7, 11) is 1.77. The Morgan fingerprint density at radius 3 is 2.95 bits per heavy atom. The second-order valence-electron chi connectivity index (χ2n) is 5.58. The molecule has 3 heterocycles. The van der Waals surface area contributed by atoms with E-state index >= 15 is 0 Å². The number of aromatic nitrogens is 6. The van der Waals surface area contributed by atoms with Crippen LogP contribution in [0.2, 0.25) is 0 Å². The molecule has 0 bridgehead atoms. The van der Waals surface area contributed by atoms with Gasteiger partial charge in [0, 0.05) is 13.2 Å². The van der Waals surface area contributed by atoms with E-state index in [1.165, 1.54) is 25.5 Å². The number of H-pyrrole nitrogens is 1. The molecule has 1 aliphatic rings. The third-order valence-corrected chi connectivity index (χ3v) is 4.15. The van der Waals surface area contributed by atoms with Crippen molar-refractivity contribution in [3.63, 3.8) is 0 Å². The van der Waals surface area contributed by atoms with Crippen molar-refractivity contribution in [2.45, 2.75) is 25.3 Å². The fourth-order valence-electron chi connectivity index (χ4n) is 2.69. The standard InChI is InChI=1S/C15H16N6O/c1-20-14-12(9-17-20)15(22)19-13(18-14)6-5-11-7-8-16-21(11)10-3-2-4-10/h5-10H,2-4H2,1H3,(H,18,19,22)/b6-5+. The van der Waals surface area contributed by atoms with E-state index in [4.69, 9.17) is 0 Å². The summed E-state index contributed by atoms with van der Waals surface area (Å²) < 4.78 is 3.64. The quantitative estimate of drug-likeness (QED) is 0.798. The number of hydrogen-bond acceptors (Lipinski definition) is 4. The number of fused-ring (bicyclic) bond motifs is 1. The molecule has 22 heavy (non-hydrogen) atoms. The molecule has 112 valence electrons. The minimum absolute atomic E-state index is 0.176. The lowest BCUT2D eigenvalue weighted by atomic mass is 9.93. The lowest BCUT2D eigenvalue weighted by molar-refractivity contribution is 0.288. The van der Waals surface area contributed by atoms with Gasteiger partial charge in [-0.1, -0.05) is 0 Å². The Balaban J connectivity index is 1.70. The predicted octanol–water partition coefficient (Wildman–Crippen LogP) is 1.75. The van der Waals surface area contributed by atoms with Crippen molar-refractivity contribution in [3.05, 3.63) is 40.3 Å². The van der Waals surface area contributed by atoms with E-state index in [0.29, 0.717) is 22.9 Å². The number of nitrogens with one attached hydrogen (secondary N) is 1. The van der Waals surface area contributed by atoms with Crippen LogP contribution in [0.4, 0.5) is 0 Å². The molecule has 0 aliphatic heterocycles. The van der Waals surface area contributed by atoms with E-state index in [9.17, 15) is 4.79 Å². The van der Waals surface area contributed by atoms with Gasteiger partial charge in [-0.05, 0) is 37.5 Å². The van der Waals surface area contributed by atoms with Crippen LogP contribution in [0.25, 0.3) is 23.2 Å². The van der Waals surface area contributed by atoms with Crippen LogP contribution in [0.1, 0.15) is 36.8 Å². The topological polar surface area (TPSA) is 81.4 Å². The van der Waals surface area contributed by atoms with E-state index in [1.807, 2.05) is 16.8 Å². The Labute approximate surface area is 126 Å². The Hall–Kier alpha value is -2.70. The monoisotopic (exact) mass is 296 g/mol. The van der Waals surface area contributed by atoms with Crippen molar-refractivity contribution in [3.8, 4) is 0 Å². The van der Waals surface area contributed by atoms with Gasteiger partial charge < -0.3 is 4.98 Å². The maximum absolute atomic E-state index is 12.0. The third-order valence-electron chi connectivity index (χ3n) is 4.15. The highest BCUT2D eigenvalue weighted by Crippen LogP contribution is 2.32. The third kappa shape index (κ3) is 2.05. The van der Waals surface area contributed by atoms with Gasteiger partial charge in [0.1, 0.15) is 11.2 Å². The van der Waals surface area contributed by atoms with Crippen LogP contribution in [-0.2, 0) is 7.05 Å². The molecular weight excluding hydrogens is 280 g/mol. The molecule has 0 atom stereocenters. The second kappa shape index (κ2) is 4.94. The van der Waals surface area contributed by atoms with Crippen LogP contribution in [0.15, 0.2) is 23.3 Å². The fourth-order valence-corrected chi connectivity index (χ4v) is 2.69. The lowest BCUT2D eigenvalue weighted by Crippen LogP contribution is -2.19. The van der Waals surface area contributed by atoms with Crippen molar-refractivity contribution in [1.29, 1.82) is 0 Å². The number of nitrogens with zero attached hydrogens (tertiary/aromatic N) is 5. The first kappa shape index (κ1) is 13.0. The van der Waals surface area contributed by atoms with Gasteiger partial charge in [0.15, 0.2) is 5.65 Å². The molecule has 0 amide bonds. The molecule has 7 nitrogen and oxygen atoms in total. The number of rotatable bonds is 3. The average Bonchev–Trinajstić information content (AvgIpc) is 3.03. The van der Waals surface area contributed by atoms with Crippen molar-refractivity contribution < 1.29 is 0 Å². The molecule has 1 aliphatic carbocycles. The van der Waals surface area contributed by atoms with Crippen LogP contribution < -0.4 is 5.56 Å². The lowest BCUT2D eigenvalue weighted by Gasteiger charge is -2.26. The summed E-state index contributed by atoms with van der Waals surface area (Å²) in [6.45, 7) is 0. The van der Waals surface area contributed by atoms with E-state index in [2.05, 4.69) is 20.2 Å². The first-order valence-electron chi connectivity index (χ1n) is 7.36. The number of hydrogen-bond donors (Lipinski definition) is 1. The molecule has 0 unspecified atom stereocenters. The predicted molar refractivity (Wildman–Crippen MR) is 83.2 cm³/mol. The maximum atomic E-state index is 12.0. The number of aromatic amines is 1.